The van der Waals surface area contributed by atoms with Crippen molar-refractivity contribution in [3.63, 3.8) is 0 Å². The number of fused-ring (bicyclic) bond motifs is 1. The molecule has 5 rings (SSSR count). The lowest BCUT2D eigenvalue weighted by Gasteiger charge is -2.18. The van der Waals surface area contributed by atoms with Gasteiger partial charge < -0.3 is 18.9 Å². The van der Waals surface area contributed by atoms with Crippen LogP contribution in [0.25, 0.3) is 11.0 Å². The fourth-order valence-electron chi connectivity index (χ4n) is 4.53. The van der Waals surface area contributed by atoms with Crippen LogP contribution in [0.3, 0.4) is 0 Å². The maximum atomic E-state index is 13.0. The minimum absolute atomic E-state index is 0.0177. The van der Waals surface area contributed by atoms with Crippen molar-refractivity contribution in [1.82, 2.24) is 9.55 Å². The van der Waals surface area contributed by atoms with Gasteiger partial charge in [0.25, 0.3) is 0 Å². The first-order valence-corrected chi connectivity index (χ1v) is 12.6. The first-order chi connectivity index (χ1) is 16.7. The van der Waals surface area contributed by atoms with Gasteiger partial charge in [-0.3, -0.25) is 4.79 Å². The maximum Gasteiger partial charge on any atom is 0.227 e. The highest BCUT2D eigenvalue weighted by molar-refractivity contribution is 7.98. The van der Waals surface area contributed by atoms with Gasteiger partial charge >= 0.3 is 0 Å². The number of rotatable bonds is 8. The number of methoxy groups -OCH3 is 1. The normalized spacial score (nSPS) is 15.8. The third kappa shape index (κ3) is 4.35. The lowest BCUT2D eigenvalue weighted by Crippen LogP contribution is -2.24. The quantitative estimate of drug-likeness (QED) is 0.322. The van der Waals surface area contributed by atoms with E-state index in [0.29, 0.717) is 37.6 Å². The highest BCUT2D eigenvalue weighted by atomic mass is 32.2. The maximum absolute atomic E-state index is 13.0. The van der Waals surface area contributed by atoms with Crippen LogP contribution in [0.1, 0.15) is 18.2 Å². The number of benzene rings is 3. The SMILES string of the molecule is COc1ccccc1OCCn1c([C@@H]2CC(=O)N(c3cccc(SC)c3)C2)nc2ccccc21. The lowest BCUT2D eigenvalue weighted by molar-refractivity contribution is -0.117. The molecule has 0 spiro atoms. The largest absolute Gasteiger partial charge is 0.493 e. The summed E-state index contributed by atoms with van der Waals surface area (Å²) in [5.74, 6) is 2.51. The van der Waals surface area contributed by atoms with E-state index in [1.807, 2.05) is 65.8 Å². The van der Waals surface area contributed by atoms with E-state index in [1.165, 1.54) is 0 Å². The van der Waals surface area contributed by atoms with Crippen LogP contribution in [0.5, 0.6) is 11.5 Å². The molecule has 1 aromatic heterocycles. The van der Waals surface area contributed by atoms with Gasteiger partial charge in [0.2, 0.25) is 5.91 Å². The molecule has 0 unspecified atom stereocenters. The van der Waals surface area contributed by atoms with Crippen molar-refractivity contribution >= 4 is 34.4 Å². The van der Waals surface area contributed by atoms with Crippen LogP contribution in [0.15, 0.2) is 77.7 Å². The summed E-state index contributed by atoms with van der Waals surface area (Å²) in [6.45, 7) is 1.71. The van der Waals surface area contributed by atoms with Gasteiger partial charge in [0.15, 0.2) is 11.5 Å². The fraction of sp³-hybridized carbons (Fsp3) is 0.259. The number of carbonyl (C=O) groups is 1. The van der Waals surface area contributed by atoms with Gasteiger partial charge in [0, 0.05) is 29.5 Å². The number of carbonyl (C=O) groups excluding carboxylic acids is 1. The highest BCUT2D eigenvalue weighted by Crippen LogP contribution is 2.34. The summed E-state index contributed by atoms with van der Waals surface area (Å²) in [7, 11) is 1.64. The molecular formula is C27H27N3O3S. The Kier molecular flexibility index (Phi) is 6.45. The van der Waals surface area contributed by atoms with Crippen LogP contribution in [0, 0.1) is 0 Å². The Bertz CT molecular complexity index is 1320. The van der Waals surface area contributed by atoms with Crippen molar-refractivity contribution in [3.8, 4) is 11.5 Å². The van der Waals surface area contributed by atoms with Gasteiger partial charge in [-0.15, -0.1) is 11.8 Å². The Hall–Kier alpha value is -3.45. The molecule has 1 saturated heterocycles. The van der Waals surface area contributed by atoms with Crippen LogP contribution in [0.2, 0.25) is 0 Å². The summed E-state index contributed by atoms with van der Waals surface area (Å²) in [5.41, 5.74) is 2.93. The summed E-state index contributed by atoms with van der Waals surface area (Å²) in [6.07, 6.45) is 2.49. The second-order valence-corrected chi connectivity index (χ2v) is 9.10. The first-order valence-electron chi connectivity index (χ1n) is 11.3. The highest BCUT2D eigenvalue weighted by Gasteiger charge is 2.35. The Morgan fingerprint density at radius 1 is 1.03 bits per heavy atom. The zero-order valence-electron chi connectivity index (χ0n) is 19.3. The number of para-hydroxylation sites is 4. The molecule has 1 aliphatic heterocycles. The molecular weight excluding hydrogens is 446 g/mol. The smallest absolute Gasteiger partial charge is 0.227 e. The number of hydrogen-bond acceptors (Lipinski definition) is 5. The van der Waals surface area contributed by atoms with Gasteiger partial charge in [0.05, 0.1) is 24.7 Å². The van der Waals surface area contributed by atoms with Gasteiger partial charge in [-0.05, 0) is 48.7 Å². The predicted molar refractivity (Wildman–Crippen MR) is 136 cm³/mol. The Morgan fingerprint density at radius 3 is 2.65 bits per heavy atom. The molecule has 0 aliphatic carbocycles. The number of thioether (sulfide) groups is 1. The topological polar surface area (TPSA) is 56.6 Å². The van der Waals surface area contributed by atoms with Crippen LogP contribution in [-0.4, -0.2) is 42.0 Å². The molecule has 0 N–H and O–H groups in total. The molecule has 3 aromatic carbocycles. The Labute approximate surface area is 203 Å². The van der Waals surface area contributed by atoms with E-state index < -0.39 is 0 Å². The van der Waals surface area contributed by atoms with E-state index in [-0.39, 0.29) is 11.8 Å². The molecule has 34 heavy (non-hydrogen) atoms. The van der Waals surface area contributed by atoms with Crippen LogP contribution in [0.4, 0.5) is 5.69 Å². The summed E-state index contributed by atoms with van der Waals surface area (Å²) in [5, 5.41) is 0. The Balaban J connectivity index is 1.40. The van der Waals surface area contributed by atoms with Crippen LogP contribution >= 0.6 is 11.8 Å². The Morgan fingerprint density at radius 2 is 1.82 bits per heavy atom. The molecule has 1 aliphatic rings. The number of ether oxygens (including phenoxy) is 2. The number of anilines is 1. The fourth-order valence-corrected chi connectivity index (χ4v) is 4.99. The van der Waals surface area contributed by atoms with Gasteiger partial charge in [-0.2, -0.15) is 0 Å². The summed E-state index contributed by atoms with van der Waals surface area (Å²) >= 11 is 1.68. The van der Waals surface area contributed by atoms with Gasteiger partial charge in [0.1, 0.15) is 12.4 Å². The number of hydrogen-bond donors (Lipinski definition) is 0. The number of nitrogens with zero attached hydrogens (tertiary/aromatic N) is 3. The van der Waals surface area contributed by atoms with E-state index in [4.69, 9.17) is 14.5 Å². The van der Waals surface area contributed by atoms with E-state index in [0.717, 1.165) is 27.4 Å². The first kappa shape index (κ1) is 22.3. The average molecular weight is 474 g/mol. The van der Waals surface area contributed by atoms with E-state index in [2.05, 4.69) is 22.8 Å². The molecule has 174 valence electrons. The number of amides is 1. The zero-order chi connectivity index (χ0) is 23.5. The van der Waals surface area contributed by atoms with Crippen molar-refractivity contribution in [2.24, 2.45) is 0 Å². The number of aromatic nitrogens is 2. The second kappa shape index (κ2) is 9.81. The minimum atomic E-state index is 0.0177. The molecule has 4 aromatic rings. The van der Waals surface area contributed by atoms with Crippen LogP contribution in [-0.2, 0) is 11.3 Å². The molecule has 6 nitrogen and oxygen atoms in total. The van der Waals surface area contributed by atoms with Crippen molar-refractivity contribution in [1.29, 1.82) is 0 Å². The lowest BCUT2D eigenvalue weighted by atomic mass is 10.1. The summed E-state index contributed by atoms with van der Waals surface area (Å²) < 4.78 is 13.7. The van der Waals surface area contributed by atoms with Crippen molar-refractivity contribution in [2.75, 3.05) is 31.4 Å². The van der Waals surface area contributed by atoms with Crippen molar-refractivity contribution in [2.45, 2.75) is 23.8 Å². The van der Waals surface area contributed by atoms with Gasteiger partial charge in [-0.25, -0.2) is 4.98 Å². The van der Waals surface area contributed by atoms with Gasteiger partial charge in [-0.1, -0.05) is 30.3 Å². The van der Waals surface area contributed by atoms with E-state index in [1.54, 1.807) is 18.9 Å². The molecule has 1 atom stereocenters. The third-order valence-electron chi connectivity index (χ3n) is 6.18. The molecule has 0 radical (unpaired) electrons. The standard InChI is InChI=1S/C27H27N3O3S/c1-32-24-12-5-6-13-25(24)33-15-14-29-23-11-4-3-10-22(23)28-27(29)19-16-26(31)30(18-19)20-8-7-9-21(17-20)34-2/h3-13,17,19H,14-16,18H2,1-2H3/t19-/m1/s1. The molecule has 2 heterocycles. The average Bonchev–Trinajstić information content (AvgIpc) is 3.45. The molecule has 0 saturated carbocycles. The van der Waals surface area contributed by atoms with E-state index >= 15 is 0 Å². The minimum Gasteiger partial charge on any atom is -0.493 e. The monoisotopic (exact) mass is 473 g/mol. The molecule has 1 amide bonds. The van der Waals surface area contributed by atoms with E-state index in [9.17, 15) is 4.79 Å². The summed E-state index contributed by atoms with van der Waals surface area (Å²) in [4.78, 5) is 21.0. The third-order valence-corrected chi connectivity index (χ3v) is 6.91. The predicted octanol–water partition coefficient (Wildman–Crippen LogP) is 5.37. The van der Waals surface area contributed by atoms with Crippen LogP contribution < -0.4 is 14.4 Å². The molecule has 1 fully saturated rings. The second-order valence-electron chi connectivity index (χ2n) is 8.22. The molecule has 0 bridgehead atoms. The zero-order valence-corrected chi connectivity index (χ0v) is 20.1. The van der Waals surface area contributed by atoms with Crippen molar-refractivity contribution in [3.05, 3.63) is 78.6 Å². The van der Waals surface area contributed by atoms with Crippen molar-refractivity contribution < 1.29 is 14.3 Å². The summed E-state index contributed by atoms with van der Waals surface area (Å²) in [6, 6.07) is 23.9. The number of imidazole rings is 1. The molecule has 7 heteroatoms.